The number of likely N-dealkylation sites (tertiary alicyclic amines) is 1. The van der Waals surface area contributed by atoms with Gasteiger partial charge in [-0.2, -0.15) is 0 Å². The molecule has 168 valence electrons. The molecule has 1 fully saturated rings. The highest BCUT2D eigenvalue weighted by atomic mass is 32.1. The van der Waals surface area contributed by atoms with Gasteiger partial charge in [0.25, 0.3) is 5.91 Å². The Balaban J connectivity index is 1.11. The van der Waals surface area contributed by atoms with Crippen LogP contribution in [0.25, 0.3) is 5.69 Å². The topological polar surface area (TPSA) is 75.1 Å². The molecule has 7 nitrogen and oxygen atoms in total. The van der Waals surface area contributed by atoms with Gasteiger partial charge >= 0.3 is 0 Å². The van der Waals surface area contributed by atoms with Crippen LogP contribution in [0.3, 0.4) is 0 Å². The maximum Gasteiger partial charge on any atom is 0.263 e. The largest absolute Gasteiger partial charge is 0.348 e. The lowest BCUT2D eigenvalue weighted by molar-refractivity contribution is 0.0913. The van der Waals surface area contributed by atoms with E-state index in [4.69, 9.17) is 0 Å². The fraction of sp³-hybridized carbons (Fsp3) is 0.240. The van der Waals surface area contributed by atoms with E-state index in [-0.39, 0.29) is 11.9 Å². The lowest BCUT2D eigenvalue weighted by Crippen LogP contribution is -2.44. The zero-order valence-electron chi connectivity index (χ0n) is 18.2. The first-order valence-electron chi connectivity index (χ1n) is 11.1. The minimum atomic E-state index is -0.0440. The summed E-state index contributed by atoms with van der Waals surface area (Å²) in [6.07, 6.45) is 9.00. The normalized spacial score (nSPS) is 14.8. The summed E-state index contributed by atoms with van der Waals surface area (Å²) in [4.78, 5) is 24.3. The Morgan fingerprint density at radius 3 is 2.58 bits per heavy atom. The Labute approximate surface area is 197 Å². The van der Waals surface area contributed by atoms with Gasteiger partial charge in [-0.15, -0.1) is 0 Å². The van der Waals surface area contributed by atoms with Crippen molar-refractivity contribution in [1.82, 2.24) is 24.8 Å². The summed E-state index contributed by atoms with van der Waals surface area (Å²) in [6.45, 7) is 2.95. The van der Waals surface area contributed by atoms with E-state index in [1.54, 1.807) is 18.7 Å². The number of nitrogens with zero attached hydrogens (tertiary/aromatic N) is 4. The van der Waals surface area contributed by atoms with E-state index < -0.39 is 0 Å². The quantitative estimate of drug-likeness (QED) is 0.428. The van der Waals surface area contributed by atoms with Crippen molar-refractivity contribution in [3.63, 3.8) is 0 Å². The third kappa shape index (κ3) is 5.47. The van der Waals surface area contributed by atoms with Crippen LogP contribution in [0.1, 0.15) is 28.1 Å². The second-order valence-electron chi connectivity index (χ2n) is 8.18. The van der Waals surface area contributed by atoms with Crippen LogP contribution in [0.15, 0.2) is 79.5 Å². The molecule has 0 spiro atoms. The number of nitrogens with one attached hydrogen (secondary N) is 2. The van der Waals surface area contributed by atoms with Crippen LogP contribution in [-0.2, 0) is 6.54 Å². The minimum absolute atomic E-state index is 0.0440. The van der Waals surface area contributed by atoms with Gasteiger partial charge in [0.05, 0.1) is 12.5 Å². The Morgan fingerprint density at radius 1 is 1.06 bits per heavy atom. The molecular weight excluding hydrogens is 432 g/mol. The molecule has 4 aromatic rings. The smallest absolute Gasteiger partial charge is 0.263 e. The summed E-state index contributed by atoms with van der Waals surface area (Å²) in [7, 11) is 0. The van der Waals surface area contributed by atoms with E-state index in [0.29, 0.717) is 10.0 Å². The number of hydrogen-bond acceptors (Lipinski definition) is 6. The van der Waals surface area contributed by atoms with Crippen molar-refractivity contribution in [1.29, 1.82) is 0 Å². The first kappa shape index (κ1) is 21.4. The fourth-order valence-corrected chi connectivity index (χ4v) is 4.76. The predicted octanol–water partition coefficient (Wildman–Crippen LogP) is 4.47. The highest BCUT2D eigenvalue weighted by Gasteiger charge is 2.22. The molecule has 0 saturated carbocycles. The molecule has 0 aliphatic carbocycles. The number of amides is 1. The van der Waals surface area contributed by atoms with Crippen molar-refractivity contribution >= 4 is 28.1 Å². The summed E-state index contributed by atoms with van der Waals surface area (Å²) >= 11 is 1.37. The minimum Gasteiger partial charge on any atom is -0.348 e. The lowest BCUT2D eigenvalue weighted by atomic mass is 10.0. The summed E-state index contributed by atoms with van der Waals surface area (Å²) in [5, 5.41) is 7.17. The molecule has 2 N–H and O–H groups in total. The Bertz CT molecular complexity index is 1170. The van der Waals surface area contributed by atoms with Crippen LogP contribution < -0.4 is 10.6 Å². The van der Waals surface area contributed by atoms with Crippen molar-refractivity contribution < 1.29 is 4.79 Å². The highest BCUT2D eigenvalue weighted by molar-refractivity contribution is 7.17. The first-order valence-corrected chi connectivity index (χ1v) is 11.9. The van der Waals surface area contributed by atoms with Crippen LogP contribution in [0.2, 0.25) is 0 Å². The van der Waals surface area contributed by atoms with Crippen LogP contribution in [-0.4, -0.2) is 44.5 Å². The van der Waals surface area contributed by atoms with Crippen molar-refractivity contribution in [2.75, 3.05) is 18.4 Å². The first-order chi connectivity index (χ1) is 16.2. The van der Waals surface area contributed by atoms with Gasteiger partial charge < -0.3 is 15.2 Å². The number of benzene rings is 2. The number of anilines is 2. The fourth-order valence-electron chi connectivity index (χ4n) is 4.02. The Hall–Kier alpha value is -3.49. The van der Waals surface area contributed by atoms with E-state index in [1.165, 1.54) is 16.9 Å². The third-order valence-electron chi connectivity index (χ3n) is 5.82. The molecular formula is C25H26N6OS. The maximum absolute atomic E-state index is 12.7. The molecule has 0 bridgehead atoms. The summed E-state index contributed by atoms with van der Waals surface area (Å²) in [5.74, 6) is -0.0440. The highest BCUT2D eigenvalue weighted by Crippen LogP contribution is 2.24. The average Bonchev–Trinajstić information content (AvgIpc) is 3.54. The van der Waals surface area contributed by atoms with Crippen LogP contribution in [0, 0.1) is 0 Å². The second kappa shape index (κ2) is 9.97. The van der Waals surface area contributed by atoms with E-state index >= 15 is 0 Å². The van der Waals surface area contributed by atoms with Gasteiger partial charge in [0, 0.05) is 49.4 Å². The molecule has 0 unspecified atom stereocenters. The van der Waals surface area contributed by atoms with Gasteiger partial charge in [-0.25, -0.2) is 9.97 Å². The zero-order valence-corrected chi connectivity index (χ0v) is 19.0. The zero-order chi connectivity index (χ0) is 22.5. The molecule has 1 saturated heterocycles. The molecule has 5 rings (SSSR count). The van der Waals surface area contributed by atoms with Crippen molar-refractivity contribution in [3.05, 3.63) is 90.0 Å². The Morgan fingerprint density at radius 2 is 1.85 bits per heavy atom. The number of carbonyl (C=O) groups excluding carboxylic acids is 1. The van der Waals surface area contributed by atoms with Gasteiger partial charge in [-0.05, 0) is 42.7 Å². The van der Waals surface area contributed by atoms with Crippen molar-refractivity contribution in [2.24, 2.45) is 0 Å². The van der Waals surface area contributed by atoms with E-state index in [2.05, 4.69) is 49.8 Å². The van der Waals surface area contributed by atoms with E-state index in [9.17, 15) is 4.79 Å². The molecule has 8 heteroatoms. The maximum atomic E-state index is 12.7. The molecule has 33 heavy (non-hydrogen) atoms. The lowest BCUT2D eigenvalue weighted by Gasteiger charge is -2.32. The van der Waals surface area contributed by atoms with E-state index in [0.717, 1.165) is 43.9 Å². The molecule has 0 radical (unpaired) electrons. The summed E-state index contributed by atoms with van der Waals surface area (Å²) in [6, 6.07) is 18.7. The van der Waals surface area contributed by atoms with Crippen LogP contribution in [0.4, 0.5) is 10.8 Å². The summed E-state index contributed by atoms with van der Waals surface area (Å²) in [5.41, 5.74) is 3.29. The molecule has 1 amide bonds. The van der Waals surface area contributed by atoms with Crippen LogP contribution in [0.5, 0.6) is 0 Å². The number of imidazole rings is 1. The number of carbonyl (C=O) groups is 1. The Kier molecular flexibility index (Phi) is 6.46. The number of rotatable bonds is 7. The molecule has 2 aromatic carbocycles. The van der Waals surface area contributed by atoms with Gasteiger partial charge in [0.1, 0.15) is 4.88 Å². The molecule has 0 atom stereocenters. The number of hydrogen-bond donors (Lipinski definition) is 2. The number of aromatic nitrogens is 3. The monoisotopic (exact) mass is 458 g/mol. The van der Waals surface area contributed by atoms with Gasteiger partial charge in [0.2, 0.25) is 0 Å². The average molecular weight is 459 g/mol. The van der Waals surface area contributed by atoms with Crippen LogP contribution >= 0.6 is 11.3 Å². The van der Waals surface area contributed by atoms with Crippen molar-refractivity contribution in [3.8, 4) is 5.69 Å². The number of thiazole rings is 1. The number of piperidine rings is 1. The predicted molar refractivity (Wildman–Crippen MR) is 131 cm³/mol. The molecule has 3 heterocycles. The van der Waals surface area contributed by atoms with Gasteiger partial charge in [-0.1, -0.05) is 41.7 Å². The van der Waals surface area contributed by atoms with Crippen molar-refractivity contribution in [2.45, 2.75) is 25.4 Å². The molecule has 1 aliphatic heterocycles. The van der Waals surface area contributed by atoms with E-state index in [1.807, 2.05) is 41.1 Å². The SMILES string of the molecule is O=C(NC1CCN(Cc2ccccc2)CC1)c1cnc(Nc2ccc(-n3ccnc3)cc2)s1. The molecule has 2 aromatic heterocycles. The summed E-state index contributed by atoms with van der Waals surface area (Å²) < 4.78 is 1.95. The molecule has 1 aliphatic rings. The van der Waals surface area contributed by atoms with Gasteiger partial charge in [-0.3, -0.25) is 9.69 Å². The van der Waals surface area contributed by atoms with Gasteiger partial charge in [0.15, 0.2) is 5.13 Å². The third-order valence-corrected chi connectivity index (χ3v) is 6.73. The second-order valence-corrected chi connectivity index (χ2v) is 9.21. The standard InChI is InChI=1S/C25H26N6OS/c32-24(28-21-10-13-30(14-11-21)17-19-4-2-1-3-5-19)23-16-27-25(33-23)29-20-6-8-22(9-7-20)31-15-12-26-18-31/h1-9,12,15-16,18,21H,10-11,13-14,17H2,(H,27,29)(H,28,32).